The molecule has 178 valence electrons. The predicted molar refractivity (Wildman–Crippen MR) is 132 cm³/mol. The van der Waals surface area contributed by atoms with Gasteiger partial charge >= 0.3 is 12.2 Å². The number of ether oxygens (including phenoxy) is 3. The number of carbonyl (C=O) groups excluding carboxylic acids is 2. The maximum Gasteiger partial charge on any atom is 0.416 e. The number of thioether (sulfide) groups is 1. The van der Waals surface area contributed by atoms with Crippen LogP contribution in [0.2, 0.25) is 0 Å². The van der Waals surface area contributed by atoms with Crippen molar-refractivity contribution in [3.8, 4) is 17.2 Å². The van der Waals surface area contributed by atoms with Crippen LogP contribution in [0.25, 0.3) is 0 Å². The molecule has 0 saturated heterocycles. The Hall–Kier alpha value is -4.11. The van der Waals surface area contributed by atoms with Crippen LogP contribution in [0.15, 0.2) is 90.1 Å². The number of nitrogens with zero attached hydrogens (tertiary/aromatic N) is 2. The molecule has 2 aliphatic rings. The minimum atomic E-state index is -0.543. The van der Waals surface area contributed by atoms with Gasteiger partial charge in [0.1, 0.15) is 17.2 Å². The molecule has 0 spiro atoms. The molecule has 8 nitrogen and oxygen atoms in total. The van der Waals surface area contributed by atoms with Crippen molar-refractivity contribution in [1.82, 2.24) is 10.2 Å². The number of carbonyl (C=O) groups is 2. The van der Waals surface area contributed by atoms with Crippen molar-refractivity contribution in [2.45, 2.75) is 23.9 Å². The molecule has 1 atom stereocenters. The molecule has 1 N–H and O–H groups in total. The van der Waals surface area contributed by atoms with Crippen molar-refractivity contribution in [2.75, 3.05) is 11.5 Å². The molecule has 3 aromatic carbocycles. The minimum absolute atomic E-state index is 0.216. The summed E-state index contributed by atoms with van der Waals surface area (Å²) in [6, 6.07) is 22.2. The zero-order chi connectivity index (χ0) is 24.2. The van der Waals surface area contributed by atoms with Crippen LogP contribution in [0.1, 0.15) is 12.5 Å². The summed E-state index contributed by atoms with van der Waals surface area (Å²) < 4.78 is 16.6. The van der Waals surface area contributed by atoms with Gasteiger partial charge in [-0.1, -0.05) is 48.2 Å². The largest absolute Gasteiger partial charge is 0.457 e. The molecule has 0 saturated carbocycles. The molecule has 0 bridgehead atoms. The molecule has 0 aromatic heterocycles. The number of anilines is 1. The van der Waals surface area contributed by atoms with Gasteiger partial charge in [-0.15, -0.1) is 0 Å². The fraction of sp³-hybridized carbons (Fsp3) is 0.154. The van der Waals surface area contributed by atoms with Gasteiger partial charge in [0.15, 0.2) is 5.50 Å². The van der Waals surface area contributed by atoms with E-state index in [0.29, 0.717) is 23.9 Å². The smallest absolute Gasteiger partial charge is 0.416 e. The van der Waals surface area contributed by atoms with Gasteiger partial charge in [0.05, 0.1) is 12.3 Å². The molecule has 35 heavy (non-hydrogen) atoms. The number of rotatable bonds is 6. The number of nitrogens with one attached hydrogen (secondary N) is 1. The van der Waals surface area contributed by atoms with Crippen LogP contribution in [0, 0.1) is 0 Å². The van der Waals surface area contributed by atoms with Gasteiger partial charge in [-0.3, -0.25) is 4.90 Å². The van der Waals surface area contributed by atoms with Crippen molar-refractivity contribution < 1.29 is 23.8 Å². The zero-order valence-electron chi connectivity index (χ0n) is 18.9. The normalized spacial score (nSPS) is 15.4. The van der Waals surface area contributed by atoms with E-state index in [4.69, 9.17) is 14.2 Å². The number of fused-ring (bicyclic) bond motifs is 3. The fourth-order valence-electron chi connectivity index (χ4n) is 3.74. The van der Waals surface area contributed by atoms with E-state index in [1.54, 1.807) is 54.1 Å². The lowest BCUT2D eigenvalue weighted by Gasteiger charge is -2.23. The monoisotopic (exact) mass is 489 g/mol. The molecule has 9 heteroatoms. The maximum absolute atomic E-state index is 12.2. The van der Waals surface area contributed by atoms with Gasteiger partial charge in [0.2, 0.25) is 0 Å². The second-order valence-electron chi connectivity index (χ2n) is 7.65. The van der Waals surface area contributed by atoms with Crippen LogP contribution in [0.4, 0.5) is 15.3 Å². The fourth-order valence-corrected chi connectivity index (χ4v) is 4.96. The van der Waals surface area contributed by atoms with Crippen molar-refractivity contribution >= 4 is 29.6 Å². The predicted octanol–water partition coefficient (Wildman–Crippen LogP) is 5.91. The van der Waals surface area contributed by atoms with E-state index >= 15 is 0 Å². The van der Waals surface area contributed by atoms with Crippen LogP contribution in [-0.2, 0) is 11.3 Å². The van der Waals surface area contributed by atoms with Gasteiger partial charge in [0, 0.05) is 35.5 Å². The van der Waals surface area contributed by atoms with E-state index in [0.717, 1.165) is 16.1 Å². The standard InChI is InChI=1S/C26H23N3O5S/c1-2-32-26(31)29-15-14-28-21-16-20(12-13-23(21)35-25(28)29)33-22-11-7-6-8-18(22)17-27-24(30)34-19-9-4-3-5-10-19/h3-16,25H,2,17H2,1H3,(H,27,30). The quantitative estimate of drug-likeness (QED) is 0.461. The molecule has 5 rings (SSSR count). The van der Waals surface area contributed by atoms with Crippen LogP contribution in [0.5, 0.6) is 17.2 Å². The van der Waals surface area contributed by atoms with Crippen LogP contribution in [0.3, 0.4) is 0 Å². The molecule has 1 unspecified atom stereocenters. The number of hydrogen-bond acceptors (Lipinski definition) is 7. The first kappa shape index (κ1) is 22.7. The highest BCUT2D eigenvalue weighted by Crippen LogP contribution is 2.49. The summed E-state index contributed by atoms with van der Waals surface area (Å²) in [5, 5.41) is 2.76. The third kappa shape index (κ3) is 4.90. The Morgan fingerprint density at radius 2 is 1.77 bits per heavy atom. The van der Waals surface area contributed by atoms with E-state index in [2.05, 4.69) is 5.32 Å². The molecule has 2 aliphatic heterocycles. The number of para-hydroxylation sites is 2. The number of hydrogen-bond donors (Lipinski definition) is 1. The lowest BCUT2D eigenvalue weighted by molar-refractivity contribution is 0.122. The van der Waals surface area contributed by atoms with Crippen molar-refractivity contribution in [3.05, 3.63) is 90.8 Å². The first-order valence-corrected chi connectivity index (χ1v) is 12.0. The third-order valence-electron chi connectivity index (χ3n) is 5.36. The molecule has 2 heterocycles. The first-order valence-electron chi connectivity index (χ1n) is 11.1. The highest BCUT2D eigenvalue weighted by Gasteiger charge is 2.39. The first-order chi connectivity index (χ1) is 17.1. The van der Waals surface area contributed by atoms with Crippen molar-refractivity contribution in [3.63, 3.8) is 0 Å². The van der Waals surface area contributed by atoms with Gasteiger partial charge in [-0.25, -0.2) is 9.59 Å². The third-order valence-corrected chi connectivity index (χ3v) is 6.62. The zero-order valence-corrected chi connectivity index (χ0v) is 19.7. The van der Waals surface area contributed by atoms with Gasteiger partial charge in [-0.2, -0.15) is 0 Å². The average molecular weight is 490 g/mol. The lowest BCUT2D eigenvalue weighted by atomic mass is 10.2. The van der Waals surface area contributed by atoms with Crippen LogP contribution < -0.4 is 19.7 Å². The molecule has 2 amide bonds. The van der Waals surface area contributed by atoms with E-state index in [1.807, 2.05) is 59.6 Å². The Labute approximate surface area is 207 Å². The summed E-state index contributed by atoms with van der Waals surface area (Å²) >= 11 is 1.57. The Morgan fingerprint density at radius 3 is 2.60 bits per heavy atom. The van der Waals surface area contributed by atoms with Gasteiger partial charge in [0.25, 0.3) is 0 Å². The molecular formula is C26H23N3O5S. The molecule has 0 radical (unpaired) electrons. The summed E-state index contributed by atoms with van der Waals surface area (Å²) in [6.07, 6.45) is 2.67. The van der Waals surface area contributed by atoms with Gasteiger partial charge in [-0.05, 0) is 37.3 Å². The number of amides is 2. The summed E-state index contributed by atoms with van der Waals surface area (Å²) in [7, 11) is 0. The van der Waals surface area contributed by atoms with E-state index < -0.39 is 6.09 Å². The van der Waals surface area contributed by atoms with Crippen LogP contribution >= 0.6 is 11.8 Å². The molecule has 3 aromatic rings. The van der Waals surface area contributed by atoms with Gasteiger partial charge < -0.3 is 24.4 Å². The highest BCUT2D eigenvalue weighted by molar-refractivity contribution is 8.00. The highest BCUT2D eigenvalue weighted by atomic mass is 32.2. The Balaban J connectivity index is 1.26. The van der Waals surface area contributed by atoms with E-state index in [9.17, 15) is 9.59 Å². The van der Waals surface area contributed by atoms with Crippen molar-refractivity contribution in [1.29, 1.82) is 0 Å². The van der Waals surface area contributed by atoms with Crippen LogP contribution in [-0.4, -0.2) is 29.2 Å². The molecule has 0 aliphatic carbocycles. The molecule has 0 fully saturated rings. The second kappa shape index (κ2) is 10.0. The minimum Gasteiger partial charge on any atom is -0.457 e. The Bertz CT molecular complexity index is 1270. The molecular weight excluding hydrogens is 466 g/mol. The Kier molecular flexibility index (Phi) is 6.49. The second-order valence-corrected chi connectivity index (χ2v) is 8.75. The van der Waals surface area contributed by atoms with E-state index in [-0.39, 0.29) is 18.1 Å². The summed E-state index contributed by atoms with van der Waals surface area (Å²) in [5.41, 5.74) is 1.54. The lowest BCUT2D eigenvalue weighted by Crippen LogP contribution is -2.37. The van der Waals surface area contributed by atoms with Crippen molar-refractivity contribution in [2.24, 2.45) is 0 Å². The summed E-state index contributed by atoms with van der Waals surface area (Å²) in [6.45, 7) is 2.35. The van der Waals surface area contributed by atoms with E-state index in [1.165, 1.54) is 0 Å². The maximum atomic E-state index is 12.2. The summed E-state index contributed by atoms with van der Waals surface area (Å²) in [4.78, 5) is 29.1. The SMILES string of the molecule is CCOC(=O)N1C=CN2c3cc(Oc4ccccc4CNC(=O)Oc4ccccc4)ccc3SC12. The number of benzene rings is 3. The Morgan fingerprint density at radius 1 is 0.971 bits per heavy atom. The topological polar surface area (TPSA) is 80.3 Å². The average Bonchev–Trinajstić information content (AvgIpc) is 3.44. The summed E-state index contributed by atoms with van der Waals surface area (Å²) in [5.74, 6) is 1.74.